The normalized spacial score (nSPS) is 21.3. The largest absolute Gasteiger partial charge is 0.472 e. The number of hydrogen-bond donors (Lipinski definition) is 3. The zero-order valence-corrected chi connectivity index (χ0v) is 24.7. The number of anilines is 1. The molecule has 1 aromatic heterocycles. The van der Waals surface area contributed by atoms with Crippen LogP contribution in [-0.4, -0.2) is 50.0 Å². The number of aromatic nitrogens is 2. The van der Waals surface area contributed by atoms with E-state index in [4.69, 9.17) is 19.6 Å². The van der Waals surface area contributed by atoms with Gasteiger partial charge in [0, 0.05) is 33.4 Å². The van der Waals surface area contributed by atoms with Crippen LogP contribution in [0.5, 0.6) is 5.88 Å². The van der Waals surface area contributed by atoms with Crippen molar-refractivity contribution < 1.29 is 18.5 Å². The molecule has 0 aliphatic carbocycles. The Hall–Kier alpha value is -3.50. The lowest BCUT2D eigenvalue weighted by Crippen LogP contribution is -2.41. The number of nitrogens with two attached hydrogens (primary N) is 1. The van der Waals surface area contributed by atoms with Crippen LogP contribution in [0.1, 0.15) is 50.3 Å². The maximum absolute atomic E-state index is 13.7. The van der Waals surface area contributed by atoms with Crippen LogP contribution in [-0.2, 0) is 21.5 Å². The molecular weight excluding hydrogens is 526 g/mol. The van der Waals surface area contributed by atoms with E-state index in [1.165, 1.54) is 0 Å². The van der Waals surface area contributed by atoms with Gasteiger partial charge in [-0.3, -0.25) is 9.86 Å². The molecule has 2 atom stereocenters. The first-order valence-corrected chi connectivity index (χ1v) is 15.5. The second-order valence-electron chi connectivity index (χ2n) is 11.9. The maximum atomic E-state index is 13.7. The van der Waals surface area contributed by atoms with Crippen LogP contribution in [0.3, 0.4) is 0 Å². The number of carbonyl (C=O) groups excluding carboxylic acids is 1. The molecule has 40 heavy (non-hydrogen) atoms. The fourth-order valence-electron chi connectivity index (χ4n) is 5.49. The summed E-state index contributed by atoms with van der Waals surface area (Å²) in [7, 11) is -3.54. The van der Waals surface area contributed by atoms with E-state index < -0.39 is 15.9 Å². The molecule has 5 rings (SSSR count). The predicted molar refractivity (Wildman–Crippen MR) is 158 cm³/mol. The van der Waals surface area contributed by atoms with Crippen molar-refractivity contribution in [1.82, 2.24) is 14.9 Å². The fraction of sp³-hybridized carbons (Fsp3) is 0.433. The highest BCUT2D eigenvalue weighted by atomic mass is 32.3. The molecule has 2 unspecified atom stereocenters. The molecule has 0 saturated carbocycles. The number of thiol groups is 1. The quantitative estimate of drug-likeness (QED) is 0.358. The molecule has 214 valence electrons. The molecule has 3 aromatic rings. The van der Waals surface area contributed by atoms with E-state index in [0.717, 1.165) is 41.5 Å². The Bertz CT molecular complexity index is 1450. The predicted octanol–water partition coefficient (Wildman–Crippen LogP) is 4.99. The molecule has 0 radical (unpaired) electrons. The van der Waals surface area contributed by atoms with Crippen LogP contribution < -0.4 is 14.6 Å². The van der Waals surface area contributed by atoms with Crippen molar-refractivity contribution in [2.24, 2.45) is 11.1 Å². The Labute approximate surface area is 237 Å². The molecule has 2 aliphatic heterocycles. The van der Waals surface area contributed by atoms with E-state index in [9.17, 15) is 9.00 Å². The lowest BCUT2D eigenvalue weighted by Gasteiger charge is -2.28. The summed E-state index contributed by atoms with van der Waals surface area (Å²) in [5, 5.41) is 6.39. The molecule has 9 nitrogen and oxygen atoms in total. The second-order valence-corrected chi connectivity index (χ2v) is 13.9. The number of likely N-dealkylation sites (tertiary alicyclic amines) is 1. The van der Waals surface area contributed by atoms with Gasteiger partial charge in [-0.15, -0.1) is 0 Å². The average molecular weight is 566 g/mol. The Morgan fingerprint density at radius 1 is 1.12 bits per heavy atom. The third-order valence-corrected chi connectivity index (χ3v) is 8.87. The number of fused-ring (bicyclic) bond motifs is 6. The van der Waals surface area contributed by atoms with Crippen LogP contribution in [0.2, 0.25) is 0 Å². The summed E-state index contributed by atoms with van der Waals surface area (Å²) in [6.45, 7) is 10.6. The third kappa shape index (κ3) is 6.45. The number of aryl methyl sites for hydroxylation is 2. The molecule has 2 aromatic carbocycles. The maximum Gasteiger partial charge on any atom is 0.410 e. The number of nitrogens with one attached hydrogen (secondary N) is 1. The molecule has 1 amide bonds. The van der Waals surface area contributed by atoms with Crippen molar-refractivity contribution in [3.63, 3.8) is 0 Å². The number of carbonyl (C=O) groups is 1. The summed E-state index contributed by atoms with van der Waals surface area (Å²) < 4.78 is 28.9. The van der Waals surface area contributed by atoms with Gasteiger partial charge in [-0.25, -0.2) is 14.0 Å². The van der Waals surface area contributed by atoms with Gasteiger partial charge in [0.1, 0.15) is 11.7 Å². The van der Waals surface area contributed by atoms with Gasteiger partial charge in [-0.05, 0) is 88.6 Å². The minimum absolute atomic E-state index is 0.125. The van der Waals surface area contributed by atoms with Crippen LogP contribution in [0.25, 0.3) is 11.3 Å². The van der Waals surface area contributed by atoms with Crippen LogP contribution in [0.4, 0.5) is 10.7 Å². The highest BCUT2D eigenvalue weighted by Gasteiger charge is 2.32. The summed E-state index contributed by atoms with van der Waals surface area (Å²) in [5.74, 6) is 0.675. The summed E-state index contributed by atoms with van der Waals surface area (Å²) in [4.78, 5) is 24.7. The van der Waals surface area contributed by atoms with Gasteiger partial charge in [0.15, 0.2) is 0 Å². The SMILES string of the molecule is Cc1cccc(C)c1-c1cc2nc(n1)N[SH](N)(=O)c1cccc(c1)CC1CCN(C(=O)OC(C)(C)C)CC(C1)O2. The van der Waals surface area contributed by atoms with Gasteiger partial charge in [0.2, 0.25) is 11.8 Å². The molecule has 2 aliphatic rings. The van der Waals surface area contributed by atoms with Crippen LogP contribution >= 0.6 is 0 Å². The summed E-state index contributed by atoms with van der Waals surface area (Å²) in [6, 6.07) is 15.4. The standard InChI is InChI=1S/C30H39N5O4S/c1-19-8-6-9-20(2)27(19)25-17-26-33-28(32-25)34-40(31,37)24-11-7-10-21(16-24)14-22-12-13-35(18-23(15-22)38-26)29(36)39-30(3,4)5/h6-11,16-17,22-23,40H,12-15,18H2,1-5H3,(H3,31,32,33,34,37). The lowest BCUT2D eigenvalue weighted by molar-refractivity contribution is 0.0189. The second kappa shape index (κ2) is 10.8. The molecule has 0 spiro atoms. The zero-order valence-electron chi connectivity index (χ0n) is 23.8. The minimum atomic E-state index is -3.54. The number of amides is 1. The van der Waals surface area contributed by atoms with Crippen molar-refractivity contribution >= 4 is 22.3 Å². The van der Waals surface area contributed by atoms with Crippen molar-refractivity contribution in [2.45, 2.75) is 70.5 Å². The topological polar surface area (TPSA) is 120 Å². The van der Waals surface area contributed by atoms with Crippen molar-refractivity contribution in [3.05, 3.63) is 65.2 Å². The first-order valence-electron chi connectivity index (χ1n) is 13.7. The highest BCUT2D eigenvalue weighted by Crippen LogP contribution is 2.32. The Balaban J connectivity index is 1.60. The highest BCUT2D eigenvalue weighted by molar-refractivity contribution is 8.02. The van der Waals surface area contributed by atoms with Crippen LogP contribution in [0.15, 0.2) is 53.4 Å². The van der Waals surface area contributed by atoms with E-state index >= 15 is 0 Å². The molecule has 6 bridgehead atoms. The Morgan fingerprint density at radius 2 is 1.85 bits per heavy atom. The average Bonchev–Trinajstić information content (AvgIpc) is 3.04. The number of benzene rings is 2. The van der Waals surface area contributed by atoms with Gasteiger partial charge in [0.05, 0.1) is 12.2 Å². The third-order valence-electron chi connectivity index (χ3n) is 7.29. The molecular formula is C30H39N5O4S. The molecule has 1 fully saturated rings. The Kier molecular flexibility index (Phi) is 7.58. The lowest BCUT2D eigenvalue weighted by atomic mass is 9.92. The van der Waals surface area contributed by atoms with Gasteiger partial charge in [0.25, 0.3) is 0 Å². The molecule has 3 heterocycles. The first kappa shape index (κ1) is 28.0. The fourth-order valence-corrected chi connectivity index (χ4v) is 6.68. The zero-order chi connectivity index (χ0) is 28.7. The van der Waals surface area contributed by atoms with Crippen molar-refractivity contribution in [3.8, 4) is 17.1 Å². The van der Waals surface area contributed by atoms with E-state index in [0.29, 0.717) is 29.6 Å². The first-order chi connectivity index (χ1) is 18.9. The molecule has 10 heteroatoms. The number of rotatable bonds is 1. The van der Waals surface area contributed by atoms with E-state index in [2.05, 4.69) is 9.71 Å². The number of nitrogens with zero attached hydrogens (tertiary/aromatic N) is 3. The number of ether oxygens (including phenoxy) is 2. The summed E-state index contributed by atoms with van der Waals surface area (Å²) in [5.41, 5.74) is 4.11. The van der Waals surface area contributed by atoms with Gasteiger partial charge in [-0.1, -0.05) is 30.3 Å². The van der Waals surface area contributed by atoms with Gasteiger partial charge >= 0.3 is 6.09 Å². The summed E-state index contributed by atoms with van der Waals surface area (Å²) >= 11 is 0. The van der Waals surface area contributed by atoms with Gasteiger partial charge < -0.3 is 14.4 Å². The van der Waals surface area contributed by atoms with Crippen molar-refractivity contribution in [2.75, 3.05) is 17.8 Å². The molecule has 3 N–H and O–H groups in total. The van der Waals surface area contributed by atoms with Crippen molar-refractivity contribution in [1.29, 1.82) is 0 Å². The Morgan fingerprint density at radius 3 is 2.58 bits per heavy atom. The van der Waals surface area contributed by atoms with E-state index in [1.807, 2.05) is 71.0 Å². The smallest absolute Gasteiger partial charge is 0.410 e. The van der Waals surface area contributed by atoms with Crippen LogP contribution in [0, 0.1) is 19.8 Å². The number of hydrogen-bond acceptors (Lipinski definition) is 6. The van der Waals surface area contributed by atoms with E-state index in [-0.39, 0.29) is 24.1 Å². The molecule has 1 saturated heterocycles. The minimum Gasteiger partial charge on any atom is -0.472 e. The van der Waals surface area contributed by atoms with E-state index in [1.54, 1.807) is 17.0 Å². The van der Waals surface area contributed by atoms with Gasteiger partial charge in [-0.2, -0.15) is 4.98 Å². The summed E-state index contributed by atoms with van der Waals surface area (Å²) in [6.07, 6.45) is 1.56. The monoisotopic (exact) mass is 565 g/mol.